The summed E-state index contributed by atoms with van der Waals surface area (Å²) in [6, 6.07) is -0.0466. The Morgan fingerprint density at radius 1 is 1.16 bits per heavy atom. The molecule has 3 heterocycles. The second kappa shape index (κ2) is 7.45. The van der Waals surface area contributed by atoms with Crippen LogP contribution in [0.15, 0.2) is 0 Å². The fourth-order valence-electron chi connectivity index (χ4n) is 3.59. The average molecular weight is 347 g/mol. The summed E-state index contributed by atoms with van der Waals surface area (Å²) >= 11 is 0. The third-order valence-corrected chi connectivity index (χ3v) is 5.12. The van der Waals surface area contributed by atoms with Crippen LogP contribution in [0.1, 0.15) is 54.9 Å². The number of aromatic nitrogens is 2. The topological polar surface area (TPSA) is 70.5 Å². The SMILES string of the molecule is CC(C)CCNC(=O)N1CCc2c(c(C(=O)N3CCCC3)nn2C)C1. The molecule has 3 rings (SSSR count). The van der Waals surface area contributed by atoms with Crippen LogP contribution in [-0.4, -0.2) is 57.7 Å². The fraction of sp³-hybridized carbons (Fsp3) is 0.722. The summed E-state index contributed by atoms with van der Waals surface area (Å²) in [5.41, 5.74) is 2.53. The van der Waals surface area contributed by atoms with Gasteiger partial charge in [-0.3, -0.25) is 9.48 Å². The van der Waals surface area contributed by atoms with Gasteiger partial charge < -0.3 is 15.1 Å². The second-order valence-electron chi connectivity index (χ2n) is 7.48. The molecule has 2 aliphatic rings. The minimum atomic E-state index is -0.0466. The first kappa shape index (κ1) is 17.8. The standard InChI is InChI=1S/C18H29N5O2/c1-13(2)6-8-19-18(25)23-11-7-15-14(12-23)16(20-21(15)3)17(24)22-9-4-5-10-22/h13H,4-12H2,1-3H3,(H,19,25). The summed E-state index contributed by atoms with van der Waals surface area (Å²) in [5, 5.41) is 7.47. The van der Waals surface area contributed by atoms with Crippen LogP contribution in [0.3, 0.4) is 0 Å². The lowest BCUT2D eigenvalue weighted by Crippen LogP contribution is -2.43. The molecule has 0 bridgehead atoms. The first-order valence-electron chi connectivity index (χ1n) is 9.34. The Morgan fingerprint density at radius 2 is 1.88 bits per heavy atom. The molecule has 0 atom stereocenters. The van der Waals surface area contributed by atoms with Gasteiger partial charge in [-0.15, -0.1) is 0 Å². The molecule has 138 valence electrons. The second-order valence-corrected chi connectivity index (χ2v) is 7.48. The molecule has 0 aromatic carbocycles. The molecule has 0 spiro atoms. The molecule has 7 heteroatoms. The van der Waals surface area contributed by atoms with Gasteiger partial charge in [0, 0.05) is 50.9 Å². The van der Waals surface area contributed by atoms with Gasteiger partial charge in [-0.25, -0.2) is 4.79 Å². The van der Waals surface area contributed by atoms with E-state index in [-0.39, 0.29) is 11.9 Å². The number of likely N-dealkylation sites (tertiary alicyclic amines) is 1. The third kappa shape index (κ3) is 3.80. The summed E-state index contributed by atoms with van der Waals surface area (Å²) in [4.78, 5) is 28.9. The van der Waals surface area contributed by atoms with Gasteiger partial charge in [0.25, 0.3) is 5.91 Å². The van der Waals surface area contributed by atoms with E-state index in [2.05, 4.69) is 24.3 Å². The molecule has 1 saturated heterocycles. The van der Waals surface area contributed by atoms with Crippen molar-refractivity contribution in [3.05, 3.63) is 17.0 Å². The Hall–Kier alpha value is -2.05. The quantitative estimate of drug-likeness (QED) is 0.902. The Labute approximate surface area is 149 Å². The molecule has 2 aliphatic heterocycles. The van der Waals surface area contributed by atoms with Gasteiger partial charge in [-0.2, -0.15) is 5.10 Å². The Morgan fingerprint density at radius 3 is 2.56 bits per heavy atom. The normalized spacial score (nSPS) is 17.1. The van der Waals surface area contributed by atoms with Gasteiger partial charge in [0.05, 0.1) is 6.54 Å². The third-order valence-electron chi connectivity index (χ3n) is 5.12. The Balaban J connectivity index is 1.71. The van der Waals surface area contributed by atoms with Crippen LogP contribution >= 0.6 is 0 Å². The van der Waals surface area contributed by atoms with E-state index >= 15 is 0 Å². The van der Waals surface area contributed by atoms with Gasteiger partial charge >= 0.3 is 6.03 Å². The highest BCUT2D eigenvalue weighted by atomic mass is 16.2. The molecule has 0 aliphatic carbocycles. The minimum absolute atomic E-state index is 0.0106. The minimum Gasteiger partial charge on any atom is -0.338 e. The molecule has 3 amide bonds. The van der Waals surface area contributed by atoms with Crippen molar-refractivity contribution in [3.8, 4) is 0 Å². The zero-order valence-electron chi connectivity index (χ0n) is 15.5. The van der Waals surface area contributed by atoms with Crippen molar-refractivity contribution in [1.82, 2.24) is 24.9 Å². The largest absolute Gasteiger partial charge is 0.338 e. The summed E-state index contributed by atoms with van der Waals surface area (Å²) < 4.78 is 1.81. The van der Waals surface area contributed by atoms with Crippen LogP contribution in [0.25, 0.3) is 0 Å². The van der Waals surface area contributed by atoms with E-state index in [4.69, 9.17) is 0 Å². The van der Waals surface area contributed by atoms with Gasteiger partial charge in [-0.1, -0.05) is 13.8 Å². The number of amides is 3. The van der Waals surface area contributed by atoms with E-state index < -0.39 is 0 Å². The van der Waals surface area contributed by atoms with E-state index in [1.54, 1.807) is 4.90 Å². The van der Waals surface area contributed by atoms with E-state index in [1.807, 2.05) is 16.6 Å². The number of aryl methyl sites for hydroxylation is 1. The first-order valence-corrected chi connectivity index (χ1v) is 9.34. The van der Waals surface area contributed by atoms with Gasteiger partial charge in [0.15, 0.2) is 5.69 Å². The van der Waals surface area contributed by atoms with E-state index in [0.717, 1.165) is 50.0 Å². The maximum absolute atomic E-state index is 12.8. The van der Waals surface area contributed by atoms with Crippen LogP contribution in [0, 0.1) is 5.92 Å². The van der Waals surface area contributed by atoms with Crippen LogP contribution in [0.4, 0.5) is 4.79 Å². The lowest BCUT2D eigenvalue weighted by Gasteiger charge is -2.28. The van der Waals surface area contributed by atoms with Crippen molar-refractivity contribution >= 4 is 11.9 Å². The summed E-state index contributed by atoms with van der Waals surface area (Å²) in [6.45, 7) is 7.72. The van der Waals surface area contributed by atoms with Gasteiger partial charge in [0.2, 0.25) is 0 Å². The number of fused-ring (bicyclic) bond motifs is 1. The predicted octanol–water partition coefficient (Wildman–Crippen LogP) is 1.77. The van der Waals surface area contributed by atoms with Crippen LogP contribution in [0.2, 0.25) is 0 Å². The van der Waals surface area contributed by atoms with E-state index in [9.17, 15) is 9.59 Å². The lowest BCUT2D eigenvalue weighted by atomic mass is 10.0. The van der Waals surface area contributed by atoms with Crippen LogP contribution in [-0.2, 0) is 20.0 Å². The molecule has 1 aromatic heterocycles. The summed E-state index contributed by atoms with van der Waals surface area (Å²) in [7, 11) is 1.89. The van der Waals surface area contributed by atoms with Crippen molar-refractivity contribution in [3.63, 3.8) is 0 Å². The van der Waals surface area contributed by atoms with Gasteiger partial charge in [0.1, 0.15) is 0 Å². The van der Waals surface area contributed by atoms with Crippen molar-refractivity contribution in [2.45, 2.75) is 46.1 Å². The number of hydrogen-bond donors (Lipinski definition) is 1. The highest BCUT2D eigenvalue weighted by molar-refractivity contribution is 5.94. The highest BCUT2D eigenvalue weighted by Crippen LogP contribution is 2.24. The molecule has 7 nitrogen and oxygen atoms in total. The lowest BCUT2D eigenvalue weighted by molar-refractivity contribution is 0.0783. The van der Waals surface area contributed by atoms with Crippen LogP contribution < -0.4 is 5.32 Å². The molecule has 1 fully saturated rings. The zero-order chi connectivity index (χ0) is 18.0. The number of carbonyl (C=O) groups is 2. The van der Waals surface area contributed by atoms with E-state index in [1.165, 1.54) is 0 Å². The summed E-state index contributed by atoms with van der Waals surface area (Å²) in [5.74, 6) is 0.577. The fourth-order valence-corrected chi connectivity index (χ4v) is 3.59. The average Bonchev–Trinajstić information content (AvgIpc) is 3.22. The number of rotatable bonds is 4. The number of urea groups is 1. The van der Waals surface area contributed by atoms with Crippen molar-refractivity contribution in [1.29, 1.82) is 0 Å². The van der Waals surface area contributed by atoms with Crippen molar-refractivity contribution < 1.29 is 9.59 Å². The summed E-state index contributed by atoms with van der Waals surface area (Å²) in [6.07, 6.45) is 3.83. The molecule has 0 unspecified atom stereocenters. The van der Waals surface area contributed by atoms with Crippen molar-refractivity contribution in [2.75, 3.05) is 26.2 Å². The first-order chi connectivity index (χ1) is 12.0. The predicted molar refractivity (Wildman–Crippen MR) is 95.3 cm³/mol. The molecule has 1 N–H and O–H groups in total. The smallest absolute Gasteiger partial charge is 0.317 e. The van der Waals surface area contributed by atoms with Gasteiger partial charge in [-0.05, 0) is 25.2 Å². The molecular weight excluding hydrogens is 318 g/mol. The number of carbonyl (C=O) groups excluding carboxylic acids is 2. The Kier molecular flexibility index (Phi) is 5.30. The molecule has 0 radical (unpaired) electrons. The highest BCUT2D eigenvalue weighted by Gasteiger charge is 2.31. The maximum Gasteiger partial charge on any atom is 0.317 e. The van der Waals surface area contributed by atoms with Crippen LogP contribution in [0.5, 0.6) is 0 Å². The number of nitrogens with one attached hydrogen (secondary N) is 1. The number of nitrogens with zero attached hydrogens (tertiary/aromatic N) is 4. The molecular formula is C18H29N5O2. The van der Waals surface area contributed by atoms with E-state index in [0.29, 0.717) is 31.2 Å². The molecule has 25 heavy (non-hydrogen) atoms. The molecule has 0 saturated carbocycles. The maximum atomic E-state index is 12.8. The Bertz CT molecular complexity index is 646. The van der Waals surface area contributed by atoms with Crippen molar-refractivity contribution in [2.24, 2.45) is 13.0 Å². The number of hydrogen-bond acceptors (Lipinski definition) is 3. The monoisotopic (exact) mass is 347 g/mol. The zero-order valence-corrected chi connectivity index (χ0v) is 15.5. The molecule has 1 aromatic rings.